The van der Waals surface area contributed by atoms with Crippen molar-refractivity contribution < 1.29 is 37.3 Å². The van der Waals surface area contributed by atoms with Crippen LogP contribution < -0.4 is 0 Å². The maximum absolute atomic E-state index is 13.1. The number of esters is 1. The summed E-state index contributed by atoms with van der Waals surface area (Å²) >= 11 is 0. The van der Waals surface area contributed by atoms with Gasteiger partial charge in [0.25, 0.3) is 0 Å². The van der Waals surface area contributed by atoms with E-state index < -0.39 is 54.5 Å². The molecule has 2 saturated heterocycles. The largest absolute Gasteiger partial charge is 0.467 e. The summed E-state index contributed by atoms with van der Waals surface area (Å²) in [6, 6.07) is -1.81. The number of hydrogen-bond acceptors (Lipinski definition) is 6. The van der Waals surface area contributed by atoms with Gasteiger partial charge < -0.3 is 14.6 Å². The Labute approximate surface area is 143 Å². The zero-order valence-corrected chi connectivity index (χ0v) is 14.6. The summed E-state index contributed by atoms with van der Waals surface area (Å²) in [7, 11) is 1.14. The number of hydrogen-bond donors (Lipinski definition) is 1. The van der Waals surface area contributed by atoms with E-state index in [1.807, 2.05) is 0 Å². The van der Waals surface area contributed by atoms with E-state index in [1.54, 1.807) is 20.8 Å². The second-order valence-corrected chi connectivity index (χ2v) is 7.49. The minimum Gasteiger partial charge on any atom is -0.467 e. The first kappa shape index (κ1) is 19.8. The molecule has 0 radical (unpaired) electrons. The number of alkyl halides is 3. The van der Waals surface area contributed by atoms with Crippen molar-refractivity contribution in [3.63, 3.8) is 0 Å². The lowest BCUT2D eigenvalue weighted by atomic mass is 9.99. The molecule has 1 amide bonds. The van der Waals surface area contributed by atoms with Gasteiger partial charge in [-0.05, 0) is 20.8 Å². The van der Waals surface area contributed by atoms with Gasteiger partial charge in [0.15, 0.2) is 5.60 Å². The maximum Gasteiger partial charge on any atom is 0.418 e. The average Bonchev–Trinajstić information content (AvgIpc) is 2.79. The number of carbonyl (C=O) groups excluding carboxylic acids is 2. The van der Waals surface area contributed by atoms with Gasteiger partial charge in [0.1, 0.15) is 11.6 Å². The van der Waals surface area contributed by atoms with Crippen LogP contribution in [0.2, 0.25) is 0 Å². The molecule has 0 saturated carbocycles. The van der Waals surface area contributed by atoms with Crippen molar-refractivity contribution in [2.24, 2.45) is 0 Å². The highest BCUT2D eigenvalue weighted by Crippen LogP contribution is 2.42. The smallest absolute Gasteiger partial charge is 0.418 e. The summed E-state index contributed by atoms with van der Waals surface area (Å²) < 4.78 is 49.2. The summed E-state index contributed by atoms with van der Waals surface area (Å²) in [5.41, 5.74) is -3.68. The van der Waals surface area contributed by atoms with Crippen LogP contribution in [0.15, 0.2) is 0 Å². The lowest BCUT2D eigenvalue weighted by Gasteiger charge is -2.42. The van der Waals surface area contributed by atoms with Gasteiger partial charge in [0.2, 0.25) is 0 Å². The number of aliphatic hydroxyl groups is 1. The highest BCUT2D eigenvalue weighted by Gasteiger charge is 2.61. The maximum atomic E-state index is 13.1. The van der Waals surface area contributed by atoms with E-state index in [1.165, 1.54) is 4.90 Å². The van der Waals surface area contributed by atoms with E-state index in [-0.39, 0.29) is 13.1 Å². The first-order chi connectivity index (χ1) is 11.3. The summed E-state index contributed by atoms with van der Waals surface area (Å²) in [5.74, 6) is -0.744. The minimum absolute atomic E-state index is 0.158. The first-order valence-corrected chi connectivity index (χ1v) is 7.88. The monoisotopic (exact) mass is 368 g/mol. The number of rotatable bonds is 1. The molecule has 2 aliphatic heterocycles. The average molecular weight is 368 g/mol. The normalized spacial score (nSPS) is 30.8. The number of piperazine rings is 1. The van der Waals surface area contributed by atoms with E-state index in [0.717, 1.165) is 12.0 Å². The van der Waals surface area contributed by atoms with Gasteiger partial charge in [-0.25, -0.2) is 9.59 Å². The van der Waals surface area contributed by atoms with Gasteiger partial charge in [-0.15, -0.1) is 0 Å². The number of methoxy groups -OCH3 is 1. The van der Waals surface area contributed by atoms with Crippen LogP contribution in [0.5, 0.6) is 0 Å². The highest BCUT2D eigenvalue weighted by atomic mass is 19.4. The summed E-state index contributed by atoms with van der Waals surface area (Å²) in [4.78, 5) is 26.8. The summed E-state index contributed by atoms with van der Waals surface area (Å²) in [6.45, 7) is 3.98. The van der Waals surface area contributed by atoms with Gasteiger partial charge in [-0.2, -0.15) is 13.2 Å². The van der Waals surface area contributed by atoms with Gasteiger partial charge >= 0.3 is 18.2 Å². The Balaban J connectivity index is 2.23. The number of nitrogens with zero attached hydrogens (tertiary/aromatic N) is 2. The molecule has 3 atom stereocenters. The predicted octanol–water partition coefficient (Wildman–Crippen LogP) is 1.15. The van der Waals surface area contributed by atoms with E-state index in [9.17, 15) is 27.9 Å². The van der Waals surface area contributed by atoms with Crippen LogP contribution in [0.25, 0.3) is 0 Å². The van der Waals surface area contributed by atoms with Crippen molar-refractivity contribution in [3.05, 3.63) is 0 Å². The van der Waals surface area contributed by atoms with Crippen LogP contribution in [0.3, 0.4) is 0 Å². The van der Waals surface area contributed by atoms with Gasteiger partial charge in [0.05, 0.1) is 7.11 Å². The molecule has 2 fully saturated rings. The van der Waals surface area contributed by atoms with E-state index in [0.29, 0.717) is 0 Å². The number of halogens is 3. The number of amides is 1. The standard InChI is InChI=1S/C15H23F3N2O5/c1-13(2,3)25-12(22)20-6-9-5-14(23,15(16,17)18)8-19(9)7-10(20)11(21)24-4/h9-10,23H,5-8H2,1-4H3/t9-,10+,14-/m1/s1. The van der Waals surface area contributed by atoms with Crippen molar-refractivity contribution in [2.45, 2.75) is 56.7 Å². The van der Waals surface area contributed by atoms with Crippen molar-refractivity contribution in [2.75, 3.05) is 26.7 Å². The summed E-state index contributed by atoms with van der Waals surface area (Å²) in [5, 5.41) is 9.93. The van der Waals surface area contributed by atoms with Crippen LogP contribution >= 0.6 is 0 Å². The zero-order chi connectivity index (χ0) is 19.2. The molecule has 2 heterocycles. The Kier molecular flexibility index (Phi) is 4.99. The minimum atomic E-state index is -4.79. The van der Waals surface area contributed by atoms with Crippen LogP contribution in [0, 0.1) is 0 Å². The van der Waals surface area contributed by atoms with E-state index in [4.69, 9.17) is 4.74 Å². The fourth-order valence-corrected chi connectivity index (χ4v) is 3.18. The molecule has 0 aromatic rings. The van der Waals surface area contributed by atoms with Crippen LogP contribution in [0.1, 0.15) is 27.2 Å². The van der Waals surface area contributed by atoms with Crippen LogP contribution in [0.4, 0.5) is 18.0 Å². The lowest BCUT2D eigenvalue weighted by Crippen LogP contribution is -2.61. The molecule has 0 aromatic carbocycles. The molecule has 1 N–H and O–H groups in total. The summed E-state index contributed by atoms with van der Waals surface area (Å²) in [6.07, 6.45) is -6.16. The molecule has 0 spiro atoms. The zero-order valence-electron chi connectivity index (χ0n) is 14.6. The molecular formula is C15H23F3N2O5. The second kappa shape index (κ2) is 6.31. The number of ether oxygens (including phenoxy) is 2. The Bertz CT molecular complexity index is 548. The fourth-order valence-electron chi connectivity index (χ4n) is 3.18. The quantitative estimate of drug-likeness (QED) is 0.700. The van der Waals surface area contributed by atoms with Crippen LogP contribution in [-0.2, 0) is 14.3 Å². The molecular weight excluding hydrogens is 345 g/mol. The predicted molar refractivity (Wildman–Crippen MR) is 79.7 cm³/mol. The lowest BCUT2D eigenvalue weighted by molar-refractivity contribution is -0.254. The van der Waals surface area contributed by atoms with Crippen molar-refractivity contribution >= 4 is 12.1 Å². The molecule has 0 aromatic heterocycles. The Morgan fingerprint density at radius 1 is 1.20 bits per heavy atom. The molecule has 0 aliphatic carbocycles. The van der Waals surface area contributed by atoms with Crippen molar-refractivity contribution in [3.8, 4) is 0 Å². The second-order valence-electron chi connectivity index (χ2n) is 7.49. The molecule has 25 heavy (non-hydrogen) atoms. The third-order valence-electron chi connectivity index (χ3n) is 4.37. The van der Waals surface area contributed by atoms with Crippen molar-refractivity contribution in [1.82, 2.24) is 9.80 Å². The third-order valence-corrected chi connectivity index (χ3v) is 4.37. The molecule has 7 nitrogen and oxygen atoms in total. The first-order valence-electron chi connectivity index (χ1n) is 7.88. The molecule has 0 bridgehead atoms. The molecule has 2 rings (SSSR count). The van der Waals surface area contributed by atoms with Crippen LogP contribution in [-0.4, -0.2) is 83.2 Å². The third kappa shape index (κ3) is 4.00. The van der Waals surface area contributed by atoms with E-state index >= 15 is 0 Å². The Morgan fingerprint density at radius 2 is 1.80 bits per heavy atom. The van der Waals surface area contributed by atoms with Gasteiger partial charge in [0, 0.05) is 32.1 Å². The van der Waals surface area contributed by atoms with Gasteiger partial charge in [-0.1, -0.05) is 0 Å². The fraction of sp³-hybridized carbons (Fsp3) is 0.867. The number of fused-ring (bicyclic) bond motifs is 1. The van der Waals surface area contributed by atoms with E-state index in [2.05, 4.69) is 4.74 Å². The molecule has 10 heteroatoms. The molecule has 144 valence electrons. The topological polar surface area (TPSA) is 79.3 Å². The SMILES string of the molecule is COC(=O)[C@@H]1CN2C[C@@](O)(C(F)(F)F)C[C@@H]2CN1C(=O)OC(C)(C)C. The van der Waals surface area contributed by atoms with Gasteiger partial charge in [-0.3, -0.25) is 9.80 Å². The highest BCUT2D eigenvalue weighted by molar-refractivity contribution is 5.82. The molecule has 2 aliphatic rings. The Hall–Kier alpha value is -1.55. The van der Waals surface area contributed by atoms with Crippen molar-refractivity contribution in [1.29, 1.82) is 0 Å². The molecule has 0 unspecified atom stereocenters. The Morgan fingerprint density at radius 3 is 2.28 bits per heavy atom. The number of carbonyl (C=O) groups is 2.